The first-order chi connectivity index (χ1) is 7.83. The molecule has 16 heavy (non-hydrogen) atoms. The van der Waals surface area contributed by atoms with Crippen LogP contribution in [-0.2, 0) is 0 Å². The molecule has 1 saturated carbocycles. The van der Waals surface area contributed by atoms with Crippen LogP contribution in [0.3, 0.4) is 0 Å². The van der Waals surface area contributed by atoms with Gasteiger partial charge in [-0.3, -0.25) is 0 Å². The minimum Gasteiger partial charge on any atom is -0.493 e. The summed E-state index contributed by atoms with van der Waals surface area (Å²) >= 11 is 1.44. The van der Waals surface area contributed by atoms with E-state index in [4.69, 9.17) is 5.11 Å². The maximum atomic E-state index is 9.13. The molecule has 1 heterocycles. The lowest BCUT2D eigenvalue weighted by atomic mass is 10.1. The van der Waals surface area contributed by atoms with Crippen molar-refractivity contribution in [1.29, 1.82) is 0 Å². The van der Waals surface area contributed by atoms with Crippen molar-refractivity contribution in [2.24, 2.45) is 0 Å². The third-order valence-corrected chi connectivity index (χ3v) is 3.58. The molecule has 0 bridgehead atoms. The Kier molecular flexibility index (Phi) is 2.29. The van der Waals surface area contributed by atoms with E-state index in [-0.39, 0.29) is 5.88 Å². The molecule has 0 unspecified atom stereocenters. The number of anilines is 1. The minimum atomic E-state index is 0.101. The van der Waals surface area contributed by atoms with Crippen molar-refractivity contribution in [3.8, 4) is 5.88 Å². The molecule has 4 heteroatoms. The van der Waals surface area contributed by atoms with Gasteiger partial charge in [-0.1, -0.05) is 30.3 Å². The second-order valence-electron chi connectivity index (χ2n) is 4.01. The lowest BCUT2D eigenvalue weighted by Crippen LogP contribution is -2.03. The Morgan fingerprint density at radius 2 is 2.12 bits per heavy atom. The second-order valence-corrected chi connectivity index (χ2v) is 4.87. The summed E-state index contributed by atoms with van der Waals surface area (Å²) < 4.78 is 0. The Bertz CT molecular complexity index is 483. The molecule has 2 atom stereocenters. The number of nitrogens with one attached hydrogen (secondary N) is 1. The Morgan fingerprint density at radius 1 is 1.31 bits per heavy atom. The van der Waals surface area contributed by atoms with Gasteiger partial charge in [-0.05, 0) is 12.0 Å². The molecule has 1 aromatic carbocycles. The average Bonchev–Trinajstić information content (AvgIpc) is 2.95. The van der Waals surface area contributed by atoms with Crippen LogP contribution in [0.1, 0.15) is 17.9 Å². The number of hydrogen-bond acceptors (Lipinski definition) is 4. The number of rotatable bonds is 3. The lowest BCUT2D eigenvalue weighted by molar-refractivity contribution is 0.458. The maximum absolute atomic E-state index is 9.13. The Balaban J connectivity index is 1.65. The monoisotopic (exact) mass is 232 g/mol. The van der Waals surface area contributed by atoms with Crippen LogP contribution >= 0.6 is 11.3 Å². The molecule has 1 aliphatic carbocycles. The van der Waals surface area contributed by atoms with Gasteiger partial charge in [0.1, 0.15) is 0 Å². The standard InChI is InChI=1S/C12H12N2OS/c15-11-7-16-12(14-11)13-10-6-9(10)8-4-2-1-3-5-8/h1-5,7,9-10,15H,6H2,(H,13,14)/t9-,10+/m0/s1. The summed E-state index contributed by atoms with van der Waals surface area (Å²) in [7, 11) is 0. The van der Waals surface area contributed by atoms with Gasteiger partial charge in [0.2, 0.25) is 5.88 Å². The molecule has 3 nitrogen and oxygen atoms in total. The van der Waals surface area contributed by atoms with E-state index in [0.717, 1.165) is 11.6 Å². The summed E-state index contributed by atoms with van der Waals surface area (Å²) in [4.78, 5) is 3.98. The van der Waals surface area contributed by atoms with Gasteiger partial charge in [0.25, 0.3) is 0 Å². The molecular formula is C12H12N2OS. The quantitative estimate of drug-likeness (QED) is 0.855. The van der Waals surface area contributed by atoms with Gasteiger partial charge in [0.15, 0.2) is 5.13 Å². The largest absolute Gasteiger partial charge is 0.493 e. The molecule has 0 radical (unpaired) electrons. The number of benzene rings is 1. The highest BCUT2D eigenvalue weighted by molar-refractivity contribution is 7.13. The summed E-state index contributed by atoms with van der Waals surface area (Å²) in [5.74, 6) is 0.691. The Morgan fingerprint density at radius 3 is 2.81 bits per heavy atom. The van der Waals surface area contributed by atoms with E-state index in [1.54, 1.807) is 5.38 Å². The minimum absolute atomic E-state index is 0.101. The van der Waals surface area contributed by atoms with Crippen LogP contribution < -0.4 is 5.32 Å². The van der Waals surface area contributed by atoms with Crippen molar-refractivity contribution in [2.75, 3.05) is 5.32 Å². The van der Waals surface area contributed by atoms with Crippen molar-refractivity contribution >= 4 is 16.5 Å². The van der Waals surface area contributed by atoms with Crippen molar-refractivity contribution in [3.63, 3.8) is 0 Å². The fourth-order valence-electron chi connectivity index (χ4n) is 1.91. The second kappa shape index (κ2) is 3.79. The molecule has 0 aliphatic heterocycles. The fraction of sp³-hybridized carbons (Fsp3) is 0.250. The lowest BCUT2D eigenvalue weighted by Gasteiger charge is -2.01. The van der Waals surface area contributed by atoms with E-state index in [1.165, 1.54) is 16.9 Å². The van der Waals surface area contributed by atoms with Gasteiger partial charge in [0, 0.05) is 12.0 Å². The molecule has 2 aromatic rings. The Labute approximate surface area is 97.8 Å². The summed E-state index contributed by atoms with van der Waals surface area (Å²) in [6, 6.07) is 11.0. The average molecular weight is 232 g/mol. The van der Waals surface area contributed by atoms with E-state index in [0.29, 0.717) is 12.0 Å². The molecule has 1 aliphatic rings. The summed E-state index contributed by atoms with van der Waals surface area (Å²) in [6.07, 6.45) is 1.14. The molecule has 1 aromatic heterocycles. The first-order valence-electron chi connectivity index (χ1n) is 5.29. The zero-order chi connectivity index (χ0) is 11.0. The smallest absolute Gasteiger partial charge is 0.223 e. The SMILES string of the molecule is Oc1csc(N[C@@H]2C[C@H]2c2ccccc2)n1. The van der Waals surface area contributed by atoms with Gasteiger partial charge >= 0.3 is 0 Å². The predicted molar refractivity (Wildman–Crippen MR) is 65.0 cm³/mol. The van der Waals surface area contributed by atoms with Gasteiger partial charge < -0.3 is 10.4 Å². The number of hydrogen-bond donors (Lipinski definition) is 2. The summed E-state index contributed by atoms with van der Waals surface area (Å²) in [6.45, 7) is 0. The third kappa shape index (κ3) is 1.88. The maximum Gasteiger partial charge on any atom is 0.223 e. The molecule has 1 fully saturated rings. The zero-order valence-electron chi connectivity index (χ0n) is 8.63. The molecule has 0 saturated heterocycles. The van der Waals surface area contributed by atoms with Crippen molar-refractivity contribution in [3.05, 3.63) is 41.3 Å². The van der Waals surface area contributed by atoms with Crippen molar-refractivity contribution in [2.45, 2.75) is 18.4 Å². The molecule has 2 N–H and O–H groups in total. The van der Waals surface area contributed by atoms with Crippen LogP contribution in [0, 0.1) is 0 Å². The topological polar surface area (TPSA) is 45.1 Å². The van der Waals surface area contributed by atoms with Gasteiger partial charge in [0.05, 0.1) is 5.38 Å². The van der Waals surface area contributed by atoms with E-state index in [9.17, 15) is 0 Å². The van der Waals surface area contributed by atoms with Crippen molar-refractivity contribution in [1.82, 2.24) is 4.98 Å². The van der Waals surface area contributed by atoms with Gasteiger partial charge in [-0.2, -0.15) is 4.98 Å². The van der Waals surface area contributed by atoms with E-state index >= 15 is 0 Å². The number of aromatic hydroxyl groups is 1. The zero-order valence-corrected chi connectivity index (χ0v) is 9.45. The Hall–Kier alpha value is -1.55. The molecular weight excluding hydrogens is 220 g/mol. The van der Waals surface area contributed by atoms with Crippen LogP contribution in [0.4, 0.5) is 5.13 Å². The van der Waals surface area contributed by atoms with E-state index in [2.05, 4.69) is 34.6 Å². The summed E-state index contributed by atoms with van der Waals surface area (Å²) in [5, 5.41) is 14.9. The van der Waals surface area contributed by atoms with Crippen molar-refractivity contribution < 1.29 is 5.11 Å². The molecule has 0 amide bonds. The first-order valence-corrected chi connectivity index (χ1v) is 6.17. The van der Waals surface area contributed by atoms with Crippen LogP contribution in [0.2, 0.25) is 0 Å². The first kappa shape index (κ1) is 9.66. The number of aromatic nitrogens is 1. The van der Waals surface area contributed by atoms with Crippen LogP contribution in [0.5, 0.6) is 5.88 Å². The molecule has 0 spiro atoms. The predicted octanol–water partition coefficient (Wildman–Crippen LogP) is 2.82. The summed E-state index contributed by atoms with van der Waals surface area (Å²) in [5.41, 5.74) is 1.38. The third-order valence-electron chi connectivity index (χ3n) is 2.82. The van der Waals surface area contributed by atoms with Crippen LogP contribution in [0.15, 0.2) is 35.7 Å². The normalized spacial score (nSPS) is 23.0. The van der Waals surface area contributed by atoms with E-state index in [1.807, 2.05) is 6.07 Å². The van der Waals surface area contributed by atoms with Crippen LogP contribution in [0.25, 0.3) is 0 Å². The molecule has 82 valence electrons. The van der Waals surface area contributed by atoms with Crippen LogP contribution in [-0.4, -0.2) is 16.1 Å². The highest BCUT2D eigenvalue weighted by atomic mass is 32.1. The van der Waals surface area contributed by atoms with Gasteiger partial charge in [-0.15, -0.1) is 11.3 Å². The molecule has 3 rings (SSSR count). The highest BCUT2D eigenvalue weighted by Crippen LogP contribution is 2.43. The number of thiazole rings is 1. The van der Waals surface area contributed by atoms with Gasteiger partial charge in [-0.25, -0.2) is 0 Å². The fourth-order valence-corrected chi connectivity index (χ4v) is 2.55. The highest BCUT2D eigenvalue weighted by Gasteiger charge is 2.38. The number of nitrogens with zero attached hydrogens (tertiary/aromatic N) is 1. The van der Waals surface area contributed by atoms with E-state index < -0.39 is 0 Å².